The van der Waals surface area contributed by atoms with Gasteiger partial charge in [-0.25, -0.2) is 0 Å². The van der Waals surface area contributed by atoms with Gasteiger partial charge in [-0.1, -0.05) is 19.9 Å². The summed E-state index contributed by atoms with van der Waals surface area (Å²) in [7, 11) is 1.62. The summed E-state index contributed by atoms with van der Waals surface area (Å²) in [5, 5.41) is 0. The second kappa shape index (κ2) is 8.18. The SMILES string of the molecule is COc1cccc(C(=O)N2CCN(CCCC(C)C)CC2)c1. The Hall–Kier alpha value is -1.55. The number of nitrogens with zero attached hydrogens (tertiary/aromatic N) is 2. The summed E-state index contributed by atoms with van der Waals surface area (Å²) in [6.07, 6.45) is 2.53. The highest BCUT2D eigenvalue weighted by Gasteiger charge is 2.22. The van der Waals surface area contributed by atoms with Gasteiger partial charge in [0, 0.05) is 31.7 Å². The number of piperazine rings is 1. The topological polar surface area (TPSA) is 32.8 Å². The molecule has 2 rings (SSSR count). The van der Waals surface area contributed by atoms with Crippen LogP contribution in [0.2, 0.25) is 0 Å². The number of methoxy groups -OCH3 is 1. The van der Waals surface area contributed by atoms with E-state index in [1.54, 1.807) is 7.11 Å². The van der Waals surface area contributed by atoms with Gasteiger partial charge in [-0.15, -0.1) is 0 Å². The molecule has 0 unspecified atom stereocenters. The molecule has 1 saturated heterocycles. The van der Waals surface area contributed by atoms with Gasteiger partial charge in [0.25, 0.3) is 5.91 Å². The summed E-state index contributed by atoms with van der Waals surface area (Å²) in [4.78, 5) is 17.0. The minimum atomic E-state index is 0.112. The Labute approximate surface area is 134 Å². The van der Waals surface area contributed by atoms with Gasteiger partial charge in [0.2, 0.25) is 0 Å². The first-order chi connectivity index (χ1) is 10.6. The molecule has 0 bridgehead atoms. The largest absolute Gasteiger partial charge is 0.497 e. The van der Waals surface area contributed by atoms with Gasteiger partial charge < -0.3 is 9.64 Å². The van der Waals surface area contributed by atoms with Crippen molar-refractivity contribution in [1.29, 1.82) is 0 Å². The van der Waals surface area contributed by atoms with Crippen molar-refractivity contribution < 1.29 is 9.53 Å². The highest BCUT2D eigenvalue weighted by molar-refractivity contribution is 5.94. The molecule has 4 nitrogen and oxygen atoms in total. The molecule has 1 aliphatic rings. The third-order valence-corrected chi connectivity index (χ3v) is 4.23. The Morgan fingerprint density at radius 2 is 1.95 bits per heavy atom. The van der Waals surface area contributed by atoms with Crippen LogP contribution in [0.4, 0.5) is 0 Å². The van der Waals surface area contributed by atoms with Crippen LogP contribution in [0.15, 0.2) is 24.3 Å². The fraction of sp³-hybridized carbons (Fsp3) is 0.611. The van der Waals surface area contributed by atoms with Crippen LogP contribution in [0.25, 0.3) is 0 Å². The molecular weight excluding hydrogens is 276 g/mol. The molecule has 0 saturated carbocycles. The van der Waals surface area contributed by atoms with Crippen molar-refractivity contribution in [3.8, 4) is 5.75 Å². The molecule has 1 fully saturated rings. The van der Waals surface area contributed by atoms with Gasteiger partial charge in [0.15, 0.2) is 0 Å². The second-order valence-electron chi connectivity index (χ2n) is 6.40. The average Bonchev–Trinajstić information content (AvgIpc) is 2.54. The van der Waals surface area contributed by atoms with Crippen LogP contribution in [0, 0.1) is 5.92 Å². The maximum Gasteiger partial charge on any atom is 0.254 e. The summed E-state index contributed by atoms with van der Waals surface area (Å²) in [6.45, 7) is 9.28. The molecule has 22 heavy (non-hydrogen) atoms. The number of hydrogen-bond acceptors (Lipinski definition) is 3. The zero-order valence-electron chi connectivity index (χ0n) is 14.0. The average molecular weight is 304 g/mol. The molecule has 1 heterocycles. The van der Waals surface area contributed by atoms with E-state index < -0.39 is 0 Å². The second-order valence-corrected chi connectivity index (χ2v) is 6.40. The highest BCUT2D eigenvalue weighted by Crippen LogP contribution is 2.16. The number of rotatable bonds is 6. The number of ether oxygens (including phenoxy) is 1. The molecule has 0 aliphatic carbocycles. The van der Waals surface area contributed by atoms with Gasteiger partial charge in [-0.3, -0.25) is 9.69 Å². The van der Waals surface area contributed by atoms with Crippen LogP contribution < -0.4 is 4.74 Å². The quantitative estimate of drug-likeness (QED) is 0.810. The van der Waals surface area contributed by atoms with E-state index in [2.05, 4.69) is 18.7 Å². The smallest absolute Gasteiger partial charge is 0.254 e. The van der Waals surface area contributed by atoms with Gasteiger partial charge in [-0.2, -0.15) is 0 Å². The summed E-state index contributed by atoms with van der Waals surface area (Å²) in [6, 6.07) is 7.41. The minimum Gasteiger partial charge on any atom is -0.497 e. The van der Waals surface area contributed by atoms with Crippen molar-refractivity contribution in [3.63, 3.8) is 0 Å². The van der Waals surface area contributed by atoms with E-state index in [0.717, 1.165) is 44.4 Å². The standard InChI is InChI=1S/C18H28N2O2/c1-15(2)6-5-9-19-10-12-20(13-11-19)18(21)16-7-4-8-17(14-16)22-3/h4,7-8,14-15H,5-6,9-13H2,1-3H3. The van der Waals surface area contributed by atoms with E-state index in [1.807, 2.05) is 29.2 Å². The van der Waals surface area contributed by atoms with Crippen molar-refractivity contribution in [2.24, 2.45) is 5.92 Å². The molecule has 0 aromatic heterocycles. The van der Waals surface area contributed by atoms with E-state index in [-0.39, 0.29) is 5.91 Å². The molecule has 1 aliphatic heterocycles. The van der Waals surface area contributed by atoms with Gasteiger partial charge in [0.1, 0.15) is 5.75 Å². The zero-order chi connectivity index (χ0) is 15.9. The van der Waals surface area contributed by atoms with E-state index >= 15 is 0 Å². The first kappa shape index (κ1) is 16.8. The molecule has 0 radical (unpaired) electrons. The molecule has 1 amide bonds. The molecular formula is C18H28N2O2. The Morgan fingerprint density at radius 1 is 1.23 bits per heavy atom. The summed E-state index contributed by atoms with van der Waals surface area (Å²) < 4.78 is 5.19. The molecule has 0 atom stereocenters. The van der Waals surface area contributed by atoms with Crippen LogP contribution in [0.1, 0.15) is 37.0 Å². The molecule has 4 heteroatoms. The predicted molar refractivity (Wildman–Crippen MR) is 89.4 cm³/mol. The van der Waals surface area contributed by atoms with E-state index in [0.29, 0.717) is 5.56 Å². The maximum absolute atomic E-state index is 12.5. The lowest BCUT2D eigenvalue weighted by Gasteiger charge is -2.35. The van der Waals surface area contributed by atoms with Crippen molar-refractivity contribution in [2.75, 3.05) is 39.8 Å². The third-order valence-electron chi connectivity index (χ3n) is 4.23. The minimum absolute atomic E-state index is 0.112. The van der Waals surface area contributed by atoms with Gasteiger partial charge in [0.05, 0.1) is 7.11 Å². The Kier molecular flexibility index (Phi) is 6.25. The van der Waals surface area contributed by atoms with Crippen LogP contribution in [-0.4, -0.2) is 55.5 Å². The molecule has 122 valence electrons. The third kappa shape index (κ3) is 4.73. The number of benzene rings is 1. The molecule has 0 spiro atoms. The lowest BCUT2D eigenvalue weighted by atomic mass is 10.1. The molecule has 0 N–H and O–H groups in total. The lowest BCUT2D eigenvalue weighted by molar-refractivity contribution is 0.0634. The van der Waals surface area contributed by atoms with Crippen LogP contribution in [0.3, 0.4) is 0 Å². The van der Waals surface area contributed by atoms with E-state index in [4.69, 9.17) is 4.74 Å². The first-order valence-corrected chi connectivity index (χ1v) is 8.26. The highest BCUT2D eigenvalue weighted by atomic mass is 16.5. The Morgan fingerprint density at radius 3 is 2.59 bits per heavy atom. The Balaban J connectivity index is 1.82. The fourth-order valence-electron chi connectivity index (χ4n) is 2.84. The summed E-state index contributed by atoms with van der Waals surface area (Å²) in [5.74, 6) is 1.62. The first-order valence-electron chi connectivity index (χ1n) is 8.26. The van der Waals surface area contributed by atoms with Crippen LogP contribution >= 0.6 is 0 Å². The summed E-state index contributed by atoms with van der Waals surface area (Å²) >= 11 is 0. The van der Waals surface area contributed by atoms with Crippen molar-refractivity contribution >= 4 is 5.91 Å². The van der Waals surface area contributed by atoms with Gasteiger partial charge >= 0.3 is 0 Å². The number of amides is 1. The van der Waals surface area contributed by atoms with E-state index in [9.17, 15) is 4.79 Å². The van der Waals surface area contributed by atoms with Gasteiger partial charge in [-0.05, 0) is 43.5 Å². The zero-order valence-corrected chi connectivity index (χ0v) is 14.0. The lowest BCUT2D eigenvalue weighted by Crippen LogP contribution is -2.48. The number of carbonyl (C=O) groups excluding carboxylic acids is 1. The monoisotopic (exact) mass is 304 g/mol. The van der Waals surface area contributed by atoms with Crippen LogP contribution in [0.5, 0.6) is 5.75 Å². The predicted octanol–water partition coefficient (Wildman–Crippen LogP) is 2.89. The Bertz CT molecular complexity index is 480. The number of hydrogen-bond donors (Lipinski definition) is 0. The van der Waals surface area contributed by atoms with Crippen molar-refractivity contribution in [1.82, 2.24) is 9.80 Å². The normalized spacial score (nSPS) is 16.1. The van der Waals surface area contributed by atoms with Crippen LogP contribution in [-0.2, 0) is 0 Å². The van der Waals surface area contributed by atoms with Crippen molar-refractivity contribution in [3.05, 3.63) is 29.8 Å². The van der Waals surface area contributed by atoms with E-state index in [1.165, 1.54) is 12.8 Å². The fourth-order valence-corrected chi connectivity index (χ4v) is 2.84. The molecule has 1 aromatic rings. The summed E-state index contributed by atoms with van der Waals surface area (Å²) in [5.41, 5.74) is 0.715. The number of carbonyl (C=O) groups is 1. The van der Waals surface area contributed by atoms with Crippen molar-refractivity contribution in [2.45, 2.75) is 26.7 Å². The maximum atomic E-state index is 12.5. The molecule has 1 aromatic carbocycles.